The van der Waals surface area contributed by atoms with Gasteiger partial charge < -0.3 is 15.4 Å². The third-order valence-corrected chi connectivity index (χ3v) is 2.32. The van der Waals surface area contributed by atoms with Crippen LogP contribution >= 0.6 is 15.9 Å². The first-order valence-electron chi connectivity index (χ1n) is 5.43. The summed E-state index contributed by atoms with van der Waals surface area (Å²) in [7, 11) is 1.73. The zero-order valence-corrected chi connectivity index (χ0v) is 11.8. The van der Waals surface area contributed by atoms with Gasteiger partial charge in [0.05, 0.1) is 12.6 Å². The van der Waals surface area contributed by atoms with E-state index in [1.54, 1.807) is 13.1 Å². The fourth-order valence-corrected chi connectivity index (χ4v) is 1.81. The number of amides is 1. The van der Waals surface area contributed by atoms with E-state index in [1.165, 1.54) is 0 Å². The molecule has 0 aliphatic heterocycles. The maximum absolute atomic E-state index is 11.4. The number of ether oxygens (including phenoxy) is 1. The van der Waals surface area contributed by atoms with Gasteiger partial charge in [-0.1, -0.05) is 15.9 Å². The minimum atomic E-state index is -0.0823. The fraction of sp³-hybridized carbons (Fsp3) is 0.417. The molecule has 94 valence electrons. The highest BCUT2D eigenvalue weighted by Gasteiger charge is 2.05. The standard InChI is InChI=1S/C12H17BrN2O2/c1-8(2)17-11-5-9(13)4-10(6-11)15-12(16)7-14-3/h4-6,8,14H,7H2,1-3H3,(H,15,16). The van der Waals surface area contributed by atoms with E-state index >= 15 is 0 Å². The number of nitrogens with one attached hydrogen (secondary N) is 2. The van der Waals surface area contributed by atoms with Crippen LogP contribution in [0.25, 0.3) is 0 Å². The number of benzene rings is 1. The second-order valence-corrected chi connectivity index (χ2v) is 4.84. The molecule has 1 aromatic rings. The highest BCUT2D eigenvalue weighted by atomic mass is 79.9. The molecule has 0 bridgehead atoms. The summed E-state index contributed by atoms with van der Waals surface area (Å²) >= 11 is 3.38. The molecule has 2 N–H and O–H groups in total. The molecule has 0 saturated carbocycles. The largest absolute Gasteiger partial charge is 0.491 e. The van der Waals surface area contributed by atoms with Crippen molar-refractivity contribution < 1.29 is 9.53 Å². The summed E-state index contributed by atoms with van der Waals surface area (Å²) in [6.07, 6.45) is 0.102. The van der Waals surface area contributed by atoms with E-state index in [2.05, 4.69) is 26.6 Å². The Morgan fingerprint density at radius 1 is 1.41 bits per heavy atom. The highest BCUT2D eigenvalue weighted by Crippen LogP contribution is 2.25. The molecule has 1 amide bonds. The average Bonchev–Trinajstić information content (AvgIpc) is 2.14. The van der Waals surface area contributed by atoms with Crippen LogP contribution < -0.4 is 15.4 Å². The Kier molecular flexibility index (Phi) is 5.44. The van der Waals surface area contributed by atoms with Crippen molar-refractivity contribution in [3.05, 3.63) is 22.7 Å². The van der Waals surface area contributed by atoms with Crippen molar-refractivity contribution in [1.82, 2.24) is 5.32 Å². The van der Waals surface area contributed by atoms with Gasteiger partial charge >= 0.3 is 0 Å². The minimum Gasteiger partial charge on any atom is -0.491 e. The normalized spacial score (nSPS) is 10.4. The smallest absolute Gasteiger partial charge is 0.238 e. The first kappa shape index (κ1) is 14.0. The molecular weight excluding hydrogens is 284 g/mol. The minimum absolute atomic E-state index is 0.0823. The zero-order chi connectivity index (χ0) is 12.8. The maximum atomic E-state index is 11.4. The van der Waals surface area contributed by atoms with E-state index < -0.39 is 0 Å². The Hall–Kier alpha value is -1.07. The van der Waals surface area contributed by atoms with Crippen molar-refractivity contribution in [3.63, 3.8) is 0 Å². The number of hydrogen-bond acceptors (Lipinski definition) is 3. The molecule has 0 aliphatic rings. The lowest BCUT2D eigenvalue weighted by Crippen LogP contribution is -2.25. The summed E-state index contributed by atoms with van der Waals surface area (Å²) < 4.78 is 6.45. The van der Waals surface area contributed by atoms with Crippen molar-refractivity contribution in [2.24, 2.45) is 0 Å². The molecule has 0 atom stereocenters. The molecule has 0 spiro atoms. The van der Waals surface area contributed by atoms with E-state index in [1.807, 2.05) is 26.0 Å². The van der Waals surface area contributed by atoms with Gasteiger partial charge in [-0.15, -0.1) is 0 Å². The van der Waals surface area contributed by atoms with Crippen LogP contribution in [0.15, 0.2) is 22.7 Å². The van der Waals surface area contributed by atoms with Gasteiger partial charge in [-0.05, 0) is 33.0 Å². The Bertz CT molecular complexity index is 394. The van der Waals surface area contributed by atoms with E-state index in [9.17, 15) is 4.79 Å². The van der Waals surface area contributed by atoms with Gasteiger partial charge in [-0.3, -0.25) is 4.79 Å². The quantitative estimate of drug-likeness (QED) is 0.878. The molecular formula is C12H17BrN2O2. The van der Waals surface area contributed by atoms with Crippen LogP contribution in [0, 0.1) is 0 Å². The molecule has 0 fully saturated rings. The molecule has 17 heavy (non-hydrogen) atoms. The molecule has 0 unspecified atom stereocenters. The van der Waals surface area contributed by atoms with Gasteiger partial charge in [0, 0.05) is 16.2 Å². The van der Waals surface area contributed by atoms with Crippen molar-refractivity contribution in [1.29, 1.82) is 0 Å². The van der Waals surface area contributed by atoms with Gasteiger partial charge in [-0.2, -0.15) is 0 Å². The zero-order valence-electron chi connectivity index (χ0n) is 10.2. The van der Waals surface area contributed by atoms with Crippen molar-refractivity contribution in [2.75, 3.05) is 18.9 Å². The molecule has 1 rings (SSSR count). The van der Waals surface area contributed by atoms with Crippen LogP contribution in [0.5, 0.6) is 5.75 Å². The first-order valence-corrected chi connectivity index (χ1v) is 6.22. The van der Waals surface area contributed by atoms with Crippen LogP contribution in [-0.4, -0.2) is 25.6 Å². The molecule has 1 aromatic carbocycles. The first-order chi connectivity index (χ1) is 8.01. The van der Waals surface area contributed by atoms with Crippen molar-refractivity contribution >= 4 is 27.5 Å². The van der Waals surface area contributed by atoms with E-state index in [4.69, 9.17) is 4.74 Å². The summed E-state index contributed by atoms with van der Waals surface area (Å²) in [4.78, 5) is 11.4. The second-order valence-electron chi connectivity index (χ2n) is 3.92. The molecule has 0 aromatic heterocycles. The predicted octanol–water partition coefficient (Wildman–Crippen LogP) is 2.39. The van der Waals surface area contributed by atoms with Gasteiger partial charge in [0.2, 0.25) is 5.91 Å². The summed E-state index contributed by atoms with van der Waals surface area (Å²) in [5.74, 6) is 0.648. The van der Waals surface area contributed by atoms with Crippen molar-refractivity contribution in [3.8, 4) is 5.75 Å². The van der Waals surface area contributed by atoms with E-state index in [-0.39, 0.29) is 18.6 Å². The van der Waals surface area contributed by atoms with Gasteiger partial charge in [-0.25, -0.2) is 0 Å². The number of carbonyl (C=O) groups is 1. The number of likely N-dealkylation sites (N-methyl/N-ethyl adjacent to an activating group) is 1. The molecule has 4 nitrogen and oxygen atoms in total. The molecule has 0 heterocycles. The monoisotopic (exact) mass is 300 g/mol. The molecule has 0 radical (unpaired) electrons. The van der Waals surface area contributed by atoms with Crippen molar-refractivity contribution in [2.45, 2.75) is 20.0 Å². The molecule has 0 saturated heterocycles. The summed E-state index contributed by atoms with van der Waals surface area (Å²) in [5, 5.41) is 5.58. The summed E-state index contributed by atoms with van der Waals surface area (Å²) in [6, 6.07) is 5.51. The molecule has 5 heteroatoms. The van der Waals surface area contributed by atoms with Gasteiger partial charge in [0.25, 0.3) is 0 Å². The maximum Gasteiger partial charge on any atom is 0.238 e. The number of rotatable bonds is 5. The average molecular weight is 301 g/mol. The highest BCUT2D eigenvalue weighted by molar-refractivity contribution is 9.10. The lowest BCUT2D eigenvalue weighted by molar-refractivity contribution is -0.115. The third kappa shape index (κ3) is 5.19. The van der Waals surface area contributed by atoms with Crippen LogP contribution in [0.1, 0.15) is 13.8 Å². The van der Waals surface area contributed by atoms with E-state index in [0.717, 1.165) is 15.9 Å². The Morgan fingerprint density at radius 2 is 2.12 bits per heavy atom. The predicted molar refractivity (Wildman–Crippen MR) is 72.5 cm³/mol. The SMILES string of the molecule is CNCC(=O)Nc1cc(Br)cc(OC(C)C)c1. The van der Waals surface area contributed by atoms with Crippen LogP contribution in [0.2, 0.25) is 0 Å². The number of hydrogen-bond donors (Lipinski definition) is 2. The third-order valence-electron chi connectivity index (χ3n) is 1.86. The Balaban J connectivity index is 2.78. The Labute approximate surface area is 110 Å². The lowest BCUT2D eigenvalue weighted by atomic mass is 10.3. The van der Waals surface area contributed by atoms with Crippen LogP contribution in [-0.2, 0) is 4.79 Å². The summed E-state index contributed by atoms with van der Waals surface area (Å²) in [6.45, 7) is 4.20. The van der Waals surface area contributed by atoms with Gasteiger partial charge in [0.1, 0.15) is 5.75 Å². The Morgan fingerprint density at radius 3 is 2.71 bits per heavy atom. The van der Waals surface area contributed by atoms with Crippen LogP contribution in [0.3, 0.4) is 0 Å². The number of anilines is 1. The lowest BCUT2D eigenvalue weighted by Gasteiger charge is -2.12. The van der Waals surface area contributed by atoms with Gasteiger partial charge in [0.15, 0.2) is 0 Å². The second kappa shape index (κ2) is 6.61. The summed E-state index contributed by atoms with van der Waals surface area (Å²) in [5.41, 5.74) is 0.718. The fourth-order valence-electron chi connectivity index (χ4n) is 1.34. The number of halogens is 1. The topological polar surface area (TPSA) is 50.4 Å². The molecule has 0 aliphatic carbocycles. The number of carbonyl (C=O) groups excluding carboxylic acids is 1. The van der Waals surface area contributed by atoms with Crippen LogP contribution in [0.4, 0.5) is 5.69 Å². The van der Waals surface area contributed by atoms with E-state index in [0.29, 0.717) is 0 Å².